The van der Waals surface area contributed by atoms with Crippen molar-refractivity contribution < 1.29 is 0 Å². The molecule has 2 rings (SSSR count). The van der Waals surface area contributed by atoms with Crippen molar-refractivity contribution in [2.24, 2.45) is 0 Å². The molecule has 2 nitrogen and oxygen atoms in total. The van der Waals surface area contributed by atoms with Gasteiger partial charge in [0.15, 0.2) is 0 Å². The molecule has 2 atom stereocenters. The van der Waals surface area contributed by atoms with E-state index in [1.807, 2.05) is 11.3 Å². The van der Waals surface area contributed by atoms with E-state index >= 15 is 0 Å². The Bertz CT molecular complexity index is 353. The van der Waals surface area contributed by atoms with Gasteiger partial charge in [-0.25, -0.2) is 4.98 Å². The van der Waals surface area contributed by atoms with Gasteiger partial charge in [-0.15, -0.1) is 11.3 Å². The molecule has 0 radical (unpaired) electrons. The van der Waals surface area contributed by atoms with E-state index < -0.39 is 0 Å². The van der Waals surface area contributed by atoms with Crippen LogP contribution in [0.25, 0.3) is 0 Å². The second-order valence-corrected chi connectivity index (χ2v) is 8.39. The normalized spacial score (nSPS) is 22.1. The van der Waals surface area contributed by atoms with Crippen molar-refractivity contribution in [3.63, 3.8) is 0 Å². The van der Waals surface area contributed by atoms with Crippen molar-refractivity contribution >= 4 is 34.9 Å². The van der Waals surface area contributed by atoms with Gasteiger partial charge in [-0.1, -0.05) is 6.92 Å². The number of nitrogens with one attached hydrogen (secondary N) is 1. The van der Waals surface area contributed by atoms with Crippen LogP contribution < -0.4 is 5.32 Å². The van der Waals surface area contributed by atoms with Gasteiger partial charge in [-0.05, 0) is 20.4 Å². The molecular weight excluding hydrogens is 280 g/mol. The number of rotatable bonds is 5. The molecule has 1 fully saturated rings. The Labute approximate surface area is 123 Å². The van der Waals surface area contributed by atoms with E-state index in [1.54, 1.807) is 0 Å². The molecule has 0 spiro atoms. The summed E-state index contributed by atoms with van der Waals surface area (Å²) in [4.78, 5) is 6.06. The molecule has 0 aliphatic carbocycles. The Balaban J connectivity index is 2.00. The Kier molecular flexibility index (Phi) is 5.86. The molecule has 18 heavy (non-hydrogen) atoms. The summed E-state index contributed by atoms with van der Waals surface area (Å²) in [5.41, 5.74) is 1.20. The zero-order valence-corrected chi connectivity index (χ0v) is 13.8. The number of likely N-dealkylation sites (N-methyl/N-ethyl adjacent to an activating group) is 1. The Hall–Kier alpha value is 0.290. The SMILES string of the molecule is CCNC(Cc1nc(C)c(C)s1)C1CSCCS1. The summed E-state index contributed by atoms with van der Waals surface area (Å²) in [6, 6.07) is 0.581. The molecule has 2 unspecified atom stereocenters. The van der Waals surface area contributed by atoms with Gasteiger partial charge in [0.1, 0.15) is 0 Å². The maximum atomic E-state index is 4.69. The highest BCUT2D eigenvalue weighted by Gasteiger charge is 2.25. The Morgan fingerprint density at radius 2 is 2.22 bits per heavy atom. The van der Waals surface area contributed by atoms with Gasteiger partial charge >= 0.3 is 0 Å². The summed E-state index contributed by atoms with van der Waals surface area (Å²) in [5.74, 6) is 3.90. The Morgan fingerprint density at radius 1 is 1.39 bits per heavy atom. The highest BCUT2D eigenvalue weighted by molar-refractivity contribution is 8.06. The molecule has 0 amide bonds. The maximum absolute atomic E-state index is 4.69. The van der Waals surface area contributed by atoms with Crippen molar-refractivity contribution in [1.82, 2.24) is 10.3 Å². The van der Waals surface area contributed by atoms with Crippen LogP contribution in [0.2, 0.25) is 0 Å². The molecular formula is C13H22N2S3. The largest absolute Gasteiger partial charge is 0.313 e. The first-order valence-electron chi connectivity index (χ1n) is 6.56. The van der Waals surface area contributed by atoms with Crippen LogP contribution in [0.3, 0.4) is 0 Å². The van der Waals surface area contributed by atoms with Gasteiger partial charge < -0.3 is 5.32 Å². The summed E-state index contributed by atoms with van der Waals surface area (Å²) < 4.78 is 0. The van der Waals surface area contributed by atoms with Gasteiger partial charge in [0.2, 0.25) is 0 Å². The van der Waals surface area contributed by atoms with Crippen molar-refractivity contribution in [2.45, 2.75) is 38.5 Å². The minimum Gasteiger partial charge on any atom is -0.313 e. The number of nitrogens with zero attached hydrogens (tertiary/aromatic N) is 1. The van der Waals surface area contributed by atoms with Crippen molar-refractivity contribution in [1.29, 1.82) is 0 Å². The zero-order chi connectivity index (χ0) is 13.0. The molecule has 0 bridgehead atoms. The first-order valence-corrected chi connectivity index (χ1v) is 9.58. The van der Waals surface area contributed by atoms with Crippen molar-refractivity contribution in [3.05, 3.63) is 15.6 Å². The average Bonchev–Trinajstić information content (AvgIpc) is 2.69. The molecule has 0 aromatic carbocycles. The van der Waals surface area contributed by atoms with Crippen LogP contribution in [0.1, 0.15) is 22.5 Å². The predicted octanol–water partition coefficient (Wildman–Crippen LogP) is 3.13. The fourth-order valence-electron chi connectivity index (χ4n) is 2.15. The van der Waals surface area contributed by atoms with Crippen LogP contribution in [0.15, 0.2) is 0 Å². The van der Waals surface area contributed by atoms with Crippen molar-refractivity contribution in [3.8, 4) is 0 Å². The summed E-state index contributed by atoms with van der Waals surface area (Å²) in [6.45, 7) is 7.54. The molecule has 1 aromatic heterocycles. The van der Waals surface area contributed by atoms with E-state index in [0.717, 1.165) is 18.2 Å². The van der Waals surface area contributed by atoms with Crippen LogP contribution in [-0.2, 0) is 6.42 Å². The minimum absolute atomic E-state index is 0.581. The molecule has 1 aromatic rings. The maximum Gasteiger partial charge on any atom is 0.0946 e. The van der Waals surface area contributed by atoms with Gasteiger partial charge in [0, 0.05) is 39.8 Å². The smallest absolute Gasteiger partial charge is 0.0946 e. The number of aryl methyl sites for hydroxylation is 2. The summed E-state index contributed by atoms with van der Waals surface area (Å²) >= 11 is 6.10. The fraction of sp³-hybridized carbons (Fsp3) is 0.769. The fourth-order valence-corrected chi connectivity index (χ4v) is 6.03. The number of hydrogen-bond acceptors (Lipinski definition) is 5. The van der Waals surface area contributed by atoms with E-state index in [1.165, 1.54) is 32.8 Å². The molecule has 1 aliphatic heterocycles. The highest BCUT2D eigenvalue weighted by atomic mass is 32.2. The summed E-state index contributed by atoms with van der Waals surface area (Å²) in [6.07, 6.45) is 1.09. The summed E-state index contributed by atoms with van der Waals surface area (Å²) in [7, 11) is 0. The lowest BCUT2D eigenvalue weighted by Crippen LogP contribution is -2.42. The quantitative estimate of drug-likeness (QED) is 0.903. The molecule has 2 heterocycles. The van der Waals surface area contributed by atoms with Crippen LogP contribution in [0, 0.1) is 13.8 Å². The van der Waals surface area contributed by atoms with Crippen LogP contribution in [0.4, 0.5) is 0 Å². The third-order valence-electron chi connectivity index (χ3n) is 3.22. The second kappa shape index (κ2) is 7.17. The molecule has 1 aliphatic rings. The number of hydrogen-bond donors (Lipinski definition) is 1. The standard InChI is InChI=1S/C13H22N2S3/c1-4-14-11(12-8-16-5-6-17-12)7-13-15-9(2)10(3)18-13/h11-12,14H,4-8H2,1-3H3. The van der Waals surface area contributed by atoms with Gasteiger partial charge in [0.05, 0.1) is 10.7 Å². The number of thiazole rings is 1. The predicted molar refractivity (Wildman–Crippen MR) is 86.3 cm³/mol. The number of aromatic nitrogens is 1. The van der Waals surface area contributed by atoms with E-state index in [0.29, 0.717) is 6.04 Å². The molecule has 5 heteroatoms. The average molecular weight is 303 g/mol. The molecule has 1 N–H and O–H groups in total. The minimum atomic E-state index is 0.581. The zero-order valence-electron chi connectivity index (χ0n) is 11.4. The van der Waals surface area contributed by atoms with Gasteiger partial charge in [-0.3, -0.25) is 0 Å². The van der Waals surface area contributed by atoms with Gasteiger partial charge in [0.25, 0.3) is 0 Å². The lowest BCUT2D eigenvalue weighted by atomic mass is 10.1. The van der Waals surface area contributed by atoms with Crippen LogP contribution in [-0.4, -0.2) is 40.1 Å². The van der Waals surface area contributed by atoms with Gasteiger partial charge in [-0.2, -0.15) is 23.5 Å². The Morgan fingerprint density at radius 3 is 2.78 bits per heavy atom. The number of thioether (sulfide) groups is 2. The molecule has 102 valence electrons. The van der Waals surface area contributed by atoms with E-state index in [4.69, 9.17) is 0 Å². The molecule has 1 saturated heterocycles. The lowest BCUT2D eigenvalue weighted by Gasteiger charge is -2.29. The van der Waals surface area contributed by atoms with E-state index in [9.17, 15) is 0 Å². The third kappa shape index (κ3) is 3.89. The summed E-state index contributed by atoms with van der Waals surface area (Å²) in [5, 5.41) is 5.70. The third-order valence-corrected chi connectivity index (χ3v) is 7.24. The topological polar surface area (TPSA) is 24.9 Å². The first kappa shape index (κ1) is 14.7. The highest BCUT2D eigenvalue weighted by Crippen LogP contribution is 2.29. The van der Waals surface area contributed by atoms with Crippen LogP contribution in [0.5, 0.6) is 0 Å². The second-order valence-electron chi connectivity index (χ2n) is 4.60. The van der Waals surface area contributed by atoms with Crippen LogP contribution >= 0.6 is 34.9 Å². The molecule has 0 saturated carbocycles. The van der Waals surface area contributed by atoms with E-state index in [-0.39, 0.29) is 0 Å². The van der Waals surface area contributed by atoms with Crippen molar-refractivity contribution in [2.75, 3.05) is 23.8 Å². The van der Waals surface area contributed by atoms with E-state index in [2.05, 4.69) is 54.6 Å². The monoisotopic (exact) mass is 302 g/mol. The lowest BCUT2D eigenvalue weighted by molar-refractivity contribution is 0.521. The first-order chi connectivity index (χ1) is 8.70.